The molecular weight excluding hydrogens is 262 g/mol. The van der Waals surface area contributed by atoms with Crippen LogP contribution in [0, 0.1) is 6.07 Å². The number of aromatic nitrogens is 2. The normalized spacial score (nSPS) is 10.9. The van der Waals surface area contributed by atoms with Crippen LogP contribution in [0.15, 0.2) is 21.7 Å². The van der Waals surface area contributed by atoms with Crippen molar-refractivity contribution in [3.05, 3.63) is 44.6 Å². The van der Waals surface area contributed by atoms with Crippen LogP contribution >= 0.6 is 0 Å². The number of hydrogen-bond donors (Lipinski definition) is 2. The van der Waals surface area contributed by atoms with Gasteiger partial charge in [0.1, 0.15) is 0 Å². The predicted octanol–water partition coefficient (Wildman–Crippen LogP) is -0.926. The van der Waals surface area contributed by atoms with Crippen LogP contribution in [0.3, 0.4) is 0 Å². The van der Waals surface area contributed by atoms with Crippen LogP contribution in [0.5, 0.6) is 0 Å². The van der Waals surface area contributed by atoms with Crippen LogP contribution in [-0.2, 0) is 13.1 Å². The number of carbonyl (C=O) groups is 1. The summed E-state index contributed by atoms with van der Waals surface area (Å²) in [5.41, 5.74) is 4.36. The first-order chi connectivity index (χ1) is 9.52. The highest BCUT2D eigenvalue weighted by Crippen LogP contribution is 2.13. The Kier molecular flexibility index (Phi) is 3.71. The molecular formula is C13H14N3O4. The van der Waals surface area contributed by atoms with Gasteiger partial charge in [0.15, 0.2) is 0 Å². The zero-order chi connectivity index (χ0) is 14.9. The fourth-order valence-corrected chi connectivity index (χ4v) is 2.20. The van der Waals surface area contributed by atoms with Gasteiger partial charge in [0.2, 0.25) is 5.91 Å². The molecule has 0 saturated heterocycles. The smallest absolute Gasteiger partial charge is 0.331 e. The van der Waals surface area contributed by atoms with E-state index in [9.17, 15) is 14.4 Å². The monoisotopic (exact) mass is 276 g/mol. The predicted molar refractivity (Wildman–Crippen MR) is 72.6 cm³/mol. The first kappa shape index (κ1) is 14.0. The minimum absolute atomic E-state index is 0.0508. The molecule has 105 valence electrons. The molecule has 3 N–H and O–H groups in total. The third kappa shape index (κ3) is 2.01. The van der Waals surface area contributed by atoms with Crippen molar-refractivity contribution in [1.29, 1.82) is 0 Å². The summed E-state index contributed by atoms with van der Waals surface area (Å²) in [4.78, 5) is 36.0. The summed E-state index contributed by atoms with van der Waals surface area (Å²) in [7, 11) is 0. The lowest BCUT2D eigenvalue weighted by molar-refractivity contribution is 0.100. The van der Waals surface area contributed by atoms with Crippen molar-refractivity contribution < 1.29 is 9.90 Å². The van der Waals surface area contributed by atoms with E-state index >= 15 is 0 Å². The molecule has 2 rings (SSSR count). The number of aryl methyl sites for hydroxylation is 1. The number of nitrogens with zero attached hydrogens (tertiary/aromatic N) is 2. The van der Waals surface area contributed by atoms with Gasteiger partial charge in [-0.15, -0.1) is 0 Å². The Morgan fingerprint density at radius 3 is 2.65 bits per heavy atom. The Morgan fingerprint density at radius 2 is 2.10 bits per heavy atom. The molecule has 1 amide bonds. The number of aliphatic hydroxyl groups is 1. The van der Waals surface area contributed by atoms with E-state index in [4.69, 9.17) is 10.8 Å². The average molecular weight is 276 g/mol. The molecule has 0 aliphatic rings. The SMILES string of the molecule is CCn1c(=O)n(CCO)c(=O)c2c(C(N)=O)[c]ccc21. The largest absolute Gasteiger partial charge is 0.395 e. The van der Waals surface area contributed by atoms with Gasteiger partial charge < -0.3 is 10.8 Å². The van der Waals surface area contributed by atoms with Crippen molar-refractivity contribution in [1.82, 2.24) is 9.13 Å². The lowest BCUT2D eigenvalue weighted by Gasteiger charge is -2.13. The lowest BCUT2D eigenvalue weighted by Crippen LogP contribution is -2.41. The second-order valence-corrected chi connectivity index (χ2v) is 4.18. The Labute approximate surface area is 113 Å². The zero-order valence-electron chi connectivity index (χ0n) is 10.9. The number of fused-ring (bicyclic) bond motifs is 1. The maximum absolute atomic E-state index is 12.3. The van der Waals surface area contributed by atoms with Crippen LogP contribution in [0.4, 0.5) is 0 Å². The van der Waals surface area contributed by atoms with E-state index < -0.39 is 17.2 Å². The van der Waals surface area contributed by atoms with Crippen LogP contribution in [0.1, 0.15) is 17.3 Å². The molecule has 7 nitrogen and oxygen atoms in total. The molecule has 1 heterocycles. The number of aliphatic hydroxyl groups excluding tert-OH is 1. The summed E-state index contributed by atoms with van der Waals surface area (Å²) in [5.74, 6) is -0.787. The highest BCUT2D eigenvalue weighted by atomic mass is 16.3. The quantitative estimate of drug-likeness (QED) is 0.752. The van der Waals surface area contributed by atoms with Crippen molar-refractivity contribution in [2.24, 2.45) is 5.73 Å². The van der Waals surface area contributed by atoms with E-state index in [0.717, 1.165) is 4.57 Å². The van der Waals surface area contributed by atoms with Gasteiger partial charge in [-0.25, -0.2) is 4.79 Å². The third-order valence-electron chi connectivity index (χ3n) is 3.07. The molecule has 20 heavy (non-hydrogen) atoms. The number of rotatable bonds is 4. The Bertz CT molecular complexity index is 789. The number of nitrogens with two attached hydrogens (primary N) is 1. The Hall–Kier alpha value is -2.41. The first-order valence-corrected chi connectivity index (χ1v) is 6.11. The van der Waals surface area contributed by atoms with Gasteiger partial charge in [-0.2, -0.15) is 0 Å². The van der Waals surface area contributed by atoms with E-state index in [1.807, 2.05) is 0 Å². The van der Waals surface area contributed by atoms with Crippen molar-refractivity contribution in [3.8, 4) is 0 Å². The van der Waals surface area contributed by atoms with Gasteiger partial charge in [-0.05, 0) is 19.1 Å². The molecule has 0 spiro atoms. The number of benzene rings is 1. The van der Waals surface area contributed by atoms with Gasteiger partial charge in [0.05, 0.1) is 29.6 Å². The van der Waals surface area contributed by atoms with Crippen LogP contribution in [0.2, 0.25) is 0 Å². The fourth-order valence-electron chi connectivity index (χ4n) is 2.20. The summed E-state index contributed by atoms with van der Waals surface area (Å²) < 4.78 is 2.25. The average Bonchev–Trinajstić information content (AvgIpc) is 2.43. The fraction of sp³-hybridized carbons (Fsp3) is 0.308. The topological polar surface area (TPSA) is 107 Å². The van der Waals surface area contributed by atoms with E-state index in [1.165, 1.54) is 16.7 Å². The van der Waals surface area contributed by atoms with E-state index in [2.05, 4.69) is 6.07 Å². The minimum atomic E-state index is -0.787. The summed E-state index contributed by atoms with van der Waals surface area (Å²) in [6.07, 6.45) is 0. The molecule has 1 radical (unpaired) electrons. The van der Waals surface area contributed by atoms with Crippen molar-refractivity contribution in [2.45, 2.75) is 20.0 Å². The molecule has 0 bridgehead atoms. The molecule has 7 heteroatoms. The molecule has 1 aromatic carbocycles. The summed E-state index contributed by atoms with van der Waals surface area (Å²) >= 11 is 0. The number of hydrogen-bond acceptors (Lipinski definition) is 4. The lowest BCUT2D eigenvalue weighted by atomic mass is 10.1. The van der Waals surface area contributed by atoms with Crippen molar-refractivity contribution in [2.75, 3.05) is 6.61 Å². The molecule has 0 aliphatic carbocycles. The van der Waals surface area contributed by atoms with Gasteiger partial charge in [0, 0.05) is 6.54 Å². The Morgan fingerprint density at radius 1 is 1.40 bits per heavy atom. The standard InChI is InChI=1S/C13H14N3O4/c1-2-15-9-5-3-4-8(11(14)18)10(9)12(19)16(6-7-17)13(15)20/h3,5,17H,2,6-7H2,1H3,(H2,14,18). The van der Waals surface area contributed by atoms with E-state index in [1.54, 1.807) is 6.92 Å². The highest BCUT2D eigenvalue weighted by molar-refractivity contribution is 6.04. The maximum atomic E-state index is 12.3. The number of amides is 1. The van der Waals surface area contributed by atoms with Crippen molar-refractivity contribution >= 4 is 16.8 Å². The van der Waals surface area contributed by atoms with Gasteiger partial charge >= 0.3 is 5.69 Å². The number of primary amides is 1. The second kappa shape index (κ2) is 5.30. The molecule has 0 saturated carbocycles. The van der Waals surface area contributed by atoms with Gasteiger partial charge in [0.25, 0.3) is 5.56 Å². The van der Waals surface area contributed by atoms with Gasteiger partial charge in [-0.1, -0.05) is 6.07 Å². The zero-order valence-corrected chi connectivity index (χ0v) is 10.9. The van der Waals surface area contributed by atoms with E-state index in [0.29, 0.717) is 12.1 Å². The molecule has 0 unspecified atom stereocenters. The maximum Gasteiger partial charge on any atom is 0.331 e. The molecule has 2 aromatic rings. The summed E-state index contributed by atoms with van der Waals surface area (Å²) in [6, 6.07) is 5.61. The minimum Gasteiger partial charge on any atom is -0.395 e. The van der Waals surface area contributed by atoms with Crippen LogP contribution in [-0.4, -0.2) is 26.8 Å². The molecule has 1 aromatic heterocycles. The van der Waals surface area contributed by atoms with Crippen molar-refractivity contribution in [3.63, 3.8) is 0 Å². The summed E-state index contributed by atoms with van der Waals surface area (Å²) in [5, 5.41) is 9.03. The molecule has 0 aliphatic heterocycles. The molecule has 0 atom stereocenters. The van der Waals surface area contributed by atoms with E-state index in [-0.39, 0.29) is 24.1 Å². The molecule has 0 fully saturated rings. The number of carbonyl (C=O) groups excluding carboxylic acids is 1. The summed E-state index contributed by atoms with van der Waals surface area (Å²) in [6.45, 7) is 1.58. The van der Waals surface area contributed by atoms with Crippen LogP contribution in [0.25, 0.3) is 10.9 Å². The third-order valence-corrected chi connectivity index (χ3v) is 3.07. The van der Waals surface area contributed by atoms with Crippen LogP contribution < -0.4 is 17.0 Å². The highest BCUT2D eigenvalue weighted by Gasteiger charge is 2.17. The second-order valence-electron chi connectivity index (χ2n) is 4.18. The van der Waals surface area contributed by atoms with Gasteiger partial charge in [-0.3, -0.25) is 18.7 Å². The first-order valence-electron chi connectivity index (χ1n) is 6.11. The Balaban J connectivity index is 3.06.